The Kier molecular flexibility index (Phi) is 4.31. The summed E-state index contributed by atoms with van der Waals surface area (Å²) in [6.07, 6.45) is 3.60. The Bertz CT molecular complexity index is 716. The largest absolute Gasteiger partial charge is 0.310 e. The molecule has 110 valence electrons. The topological polar surface area (TPSA) is 42.7 Å². The van der Waals surface area contributed by atoms with Crippen LogP contribution in [0.4, 0.5) is 0 Å². The number of benzene rings is 1. The van der Waals surface area contributed by atoms with Crippen molar-refractivity contribution in [2.24, 2.45) is 7.05 Å². The highest BCUT2D eigenvalue weighted by Crippen LogP contribution is 2.31. The predicted octanol–water partition coefficient (Wildman–Crippen LogP) is 3.31. The van der Waals surface area contributed by atoms with Crippen molar-refractivity contribution < 1.29 is 0 Å². The first-order valence-electron chi connectivity index (χ1n) is 7.32. The Morgan fingerprint density at radius 2 is 2.19 bits per heavy atom. The Morgan fingerprint density at radius 1 is 1.33 bits per heavy atom. The minimum absolute atomic E-state index is 0.281. The van der Waals surface area contributed by atoms with Gasteiger partial charge in [0.25, 0.3) is 0 Å². The number of hydrogen-bond donors (Lipinski definition) is 1. The molecule has 0 radical (unpaired) electrons. The lowest BCUT2D eigenvalue weighted by Gasteiger charge is -2.18. The van der Waals surface area contributed by atoms with Gasteiger partial charge < -0.3 is 5.32 Å². The molecule has 0 amide bonds. The maximum atomic E-state index is 4.37. The maximum Gasteiger partial charge on any atom is 0.138 e. The van der Waals surface area contributed by atoms with Gasteiger partial charge >= 0.3 is 0 Å². The van der Waals surface area contributed by atoms with Gasteiger partial charge in [0.05, 0.1) is 0 Å². The molecule has 0 fully saturated rings. The Morgan fingerprint density at radius 3 is 2.95 bits per heavy atom. The number of rotatable bonds is 6. The zero-order valence-corrected chi connectivity index (χ0v) is 13.2. The van der Waals surface area contributed by atoms with E-state index in [-0.39, 0.29) is 6.04 Å². The van der Waals surface area contributed by atoms with Gasteiger partial charge in [0, 0.05) is 24.2 Å². The monoisotopic (exact) mass is 300 g/mol. The molecule has 21 heavy (non-hydrogen) atoms. The molecule has 0 aliphatic carbocycles. The standard InChI is InChI=1S/C16H20N4S/c1-3-8-17-14(9-16-18-11-19-20(16)2)13-10-21-15-7-5-4-6-12(13)15/h4-7,10-11,14,17H,3,8-9H2,1-2H3. The SMILES string of the molecule is CCCNC(Cc1ncnn1C)c1csc2ccccc12. The van der Waals surface area contributed by atoms with E-state index in [0.29, 0.717) is 0 Å². The van der Waals surface area contributed by atoms with E-state index in [0.717, 1.165) is 25.2 Å². The van der Waals surface area contributed by atoms with Crippen LogP contribution in [0.2, 0.25) is 0 Å². The number of nitrogens with zero attached hydrogens (tertiary/aromatic N) is 3. The average molecular weight is 300 g/mol. The summed E-state index contributed by atoms with van der Waals surface area (Å²) in [5.74, 6) is 1.01. The summed E-state index contributed by atoms with van der Waals surface area (Å²) < 4.78 is 3.20. The minimum Gasteiger partial charge on any atom is -0.310 e. The highest BCUT2D eigenvalue weighted by molar-refractivity contribution is 7.17. The quantitative estimate of drug-likeness (QED) is 0.759. The fraction of sp³-hybridized carbons (Fsp3) is 0.375. The van der Waals surface area contributed by atoms with Gasteiger partial charge in [-0.25, -0.2) is 4.98 Å². The molecular weight excluding hydrogens is 280 g/mol. The molecule has 3 aromatic rings. The molecule has 1 atom stereocenters. The third-order valence-corrected chi connectivity index (χ3v) is 4.70. The molecule has 0 spiro atoms. The Labute approximate surface area is 128 Å². The van der Waals surface area contributed by atoms with Crippen molar-refractivity contribution in [3.8, 4) is 0 Å². The van der Waals surface area contributed by atoms with E-state index >= 15 is 0 Å². The molecule has 1 N–H and O–H groups in total. The molecule has 5 heteroatoms. The number of nitrogens with one attached hydrogen (secondary N) is 1. The lowest BCUT2D eigenvalue weighted by molar-refractivity contribution is 0.510. The van der Waals surface area contributed by atoms with Crippen LogP contribution in [0.5, 0.6) is 0 Å². The van der Waals surface area contributed by atoms with Crippen LogP contribution in [0.15, 0.2) is 36.0 Å². The zero-order valence-electron chi connectivity index (χ0n) is 12.4. The number of aromatic nitrogens is 3. The summed E-state index contributed by atoms with van der Waals surface area (Å²) in [4.78, 5) is 4.37. The van der Waals surface area contributed by atoms with Crippen molar-refractivity contribution >= 4 is 21.4 Å². The van der Waals surface area contributed by atoms with Crippen LogP contribution in [-0.4, -0.2) is 21.3 Å². The molecule has 2 aromatic heterocycles. The van der Waals surface area contributed by atoms with Gasteiger partial charge in [-0.1, -0.05) is 25.1 Å². The first-order chi connectivity index (χ1) is 10.3. The summed E-state index contributed by atoms with van der Waals surface area (Å²) in [7, 11) is 1.95. The molecule has 2 heterocycles. The highest BCUT2D eigenvalue weighted by Gasteiger charge is 2.18. The Balaban J connectivity index is 1.93. The number of thiophene rings is 1. The number of fused-ring (bicyclic) bond motifs is 1. The van der Waals surface area contributed by atoms with Crippen LogP contribution in [-0.2, 0) is 13.5 Å². The second kappa shape index (κ2) is 6.37. The summed E-state index contributed by atoms with van der Waals surface area (Å²) in [6.45, 7) is 3.20. The minimum atomic E-state index is 0.281. The average Bonchev–Trinajstić information content (AvgIpc) is 3.10. The van der Waals surface area contributed by atoms with E-state index in [2.05, 4.69) is 52.0 Å². The second-order valence-corrected chi connectivity index (χ2v) is 6.11. The van der Waals surface area contributed by atoms with Crippen LogP contribution >= 0.6 is 11.3 Å². The summed E-state index contributed by atoms with van der Waals surface area (Å²) in [5, 5.41) is 11.4. The van der Waals surface area contributed by atoms with Crippen LogP contribution in [0.25, 0.3) is 10.1 Å². The van der Waals surface area contributed by atoms with Gasteiger partial charge in [0.1, 0.15) is 12.2 Å². The van der Waals surface area contributed by atoms with Crippen LogP contribution < -0.4 is 5.32 Å². The molecule has 1 aromatic carbocycles. The number of hydrogen-bond acceptors (Lipinski definition) is 4. The van der Waals surface area contributed by atoms with E-state index in [1.807, 2.05) is 23.1 Å². The predicted molar refractivity (Wildman–Crippen MR) is 87.6 cm³/mol. The third-order valence-electron chi connectivity index (χ3n) is 3.72. The molecule has 0 saturated carbocycles. The fourth-order valence-corrected chi connectivity index (χ4v) is 3.58. The zero-order chi connectivity index (χ0) is 14.7. The normalized spacial score (nSPS) is 12.9. The van der Waals surface area contributed by atoms with E-state index in [1.54, 1.807) is 6.33 Å². The van der Waals surface area contributed by atoms with Crippen molar-refractivity contribution in [1.82, 2.24) is 20.1 Å². The first kappa shape index (κ1) is 14.2. The van der Waals surface area contributed by atoms with Crippen LogP contribution in [0.3, 0.4) is 0 Å². The van der Waals surface area contributed by atoms with Crippen LogP contribution in [0.1, 0.15) is 30.8 Å². The van der Waals surface area contributed by atoms with E-state index in [4.69, 9.17) is 0 Å². The van der Waals surface area contributed by atoms with Crippen molar-refractivity contribution in [2.45, 2.75) is 25.8 Å². The first-order valence-corrected chi connectivity index (χ1v) is 8.20. The smallest absolute Gasteiger partial charge is 0.138 e. The van der Waals surface area contributed by atoms with Gasteiger partial charge in [-0.05, 0) is 35.4 Å². The van der Waals surface area contributed by atoms with Crippen molar-refractivity contribution in [3.05, 3.63) is 47.4 Å². The molecule has 0 bridgehead atoms. The van der Waals surface area contributed by atoms with E-state index < -0.39 is 0 Å². The van der Waals surface area contributed by atoms with Crippen molar-refractivity contribution in [1.29, 1.82) is 0 Å². The lowest BCUT2D eigenvalue weighted by Crippen LogP contribution is -2.25. The van der Waals surface area contributed by atoms with E-state index in [9.17, 15) is 0 Å². The van der Waals surface area contributed by atoms with Gasteiger partial charge in [0.15, 0.2) is 0 Å². The molecular formula is C16H20N4S. The summed E-state index contributed by atoms with van der Waals surface area (Å²) in [5.41, 5.74) is 1.37. The van der Waals surface area contributed by atoms with Gasteiger partial charge in [-0.3, -0.25) is 4.68 Å². The molecule has 1 unspecified atom stereocenters. The lowest BCUT2D eigenvalue weighted by atomic mass is 10.0. The maximum absolute atomic E-state index is 4.37. The Hall–Kier alpha value is -1.72. The summed E-state index contributed by atoms with van der Waals surface area (Å²) >= 11 is 1.81. The van der Waals surface area contributed by atoms with Crippen LogP contribution in [0, 0.1) is 0 Å². The second-order valence-electron chi connectivity index (χ2n) is 5.20. The summed E-state index contributed by atoms with van der Waals surface area (Å²) in [6, 6.07) is 8.88. The third kappa shape index (κ3) is 2.99. The van der Waals surface area contributed by atoms with Gasteiger partial charge in [-0.2, -0.15) is 5.10 Å². The molecule has 4 nitrogen and oxygen atoms in total. The number of aryl methyl sites for hydroxylation is 1. The molecule has 0 saturated heterocycles. The highest BCUT2D eigenvalue weighted by atomic mass is 32.1. The molecule has 0 aliphatic rings. The molecule has 0 aliphatic heterocycles. The van der Waals surface area contributed by atoms with E-state index in [1.165, 1.54) is 15.6 Å². The van der Waals surface area contributed by atoms with Crippen molar-refractivity contribution in [2.75, 3.05) is 6.54 Å². The van der Waals surface area contributed by atoms with Gasteiger partial charge in [-0.15, -0.1) is 11.3 Å². The molecule has 3 rings (SSSR count). The van der Waals surface area contributed by atoms with Crippen molar-refractivity contribution in [3.63, 3.8) is 0 Å². The van der Waals surface area contributed by atoms with Gasteiger partial charge in [0.2, 0.25) is 0 Å². The fourth-order valence-electron chi connectivity index (χ4n) is 2.57.